The molecule has 0 amide bonds. The molecule has 21 heavy (non-hydrogen) atoms. The van der Waals surface area contributed by atoms with E-state index in [1.807, 2.05) is 12.3 Å². The van der Waals surface area contributed by atoms with Gasteiger partial charge in [0.05, 0.1) is 5.69 Å². The lowest BCUT2D eigenvalue weighted by Gasteiger charge is -2.42. The van der Waals surface area contributed by atoms with Crippen LogP contribution in [0.5, 0.6) is 0 Å². The monoisotopic (exact) mass is 289 g/mol. The number of aryl methyl sites for hydroxylation is 1. The van der Waals surface area contributed by atoms with Gasteiger partial charge in [0.15, 0.2) is 0 Å². The van der Waals surface area contributed by atoms with Crippen molar-refractivity contribution in [1.29, 1.82) is 0 Å². The Hall–Kier alpha value is -0.930. The first kappa shape index (κ1) is 16.4. The Morgan fingerprint density at radius 1 is 1.43 bits per heavy atom. The SMILES string of the molecule is CCCC1CNC(C(C)CC)CN1Cc1ncccc1C. The molecule has 1 fully saturated rings. The number of nitrogens with one attached hydrogen (secondary N) is 1. The molecular formula is C18H31N3. The van der Waals surface area contributed by atoms with Gasteiger partial charge in [0.25, 0.3) is 0 Å². The van der Waals surface area contributed by atoms with E-state index in [-0.39, 0.29) is 0 Å². The van der Waals surface area contributed by atoms with E-state index in [1.54, 1.807) is 0 Å². The lowest BCUT2D eigenvalue weighted by Crippen LogP contribution is -2.57. The fourth-order valence-electron chi connectivity index (χ4n) is 3.24. The van der Waals surface area contributed by atoms with Gasteiger partial charge in [-0.25, -0.2) is 0 Å². The lowest BCUT2D eigenvalue weighted by atomic mass is 9.94. The van der Waals surface area contributed by atoms with Crippen LogP contribution in [0.4, 0.5) is 0 Å². The van der Waals surface area contributed by atoms with E-state index in [1.165, 1.54) is 30.5 Å². The first-order valence-electron chi connectivity index (χ1n) is 8.53. The number of rotatable bonds is 6. The quantitative estimate of drug-likeness (QED) is 0.870. The minimum Gasteiger partial charge on any atom is -0.311 e. The van der Waals surface area contributed by atoms with E-state index in [0.29, 0.717) is 12.1 Å². The molecule has 1 saturated heterocycles. The van der Waals surface area contributed by atoms with E-state index in [2.05, 4.69) is 49.0 Å². The Kier molecular flexibility index (Phi) is 6.19. The molecule has 3 atom stereocenters. The van der Waals surface area contributed by atoms with Crippen molar-refractivity contribution in [1.82, 2.24) is 15.2 Å². The minimum atomic E-state index is 0.618. The Bertz CT molecular complexity index is 432. The largest absolute Gasteiger partial charge is 0.311 e. The summed E-state index contributed by atoms with van der Waals surface area (Å²) in [5.74, 6) is 0.736. The second-order valence-electron chi connectivity index (χ2n) is 6.54. The molecule has 0 spiro atoms. The number of pyridine rings is 1. The highest BCUT2D eigenvalue weighted by Crippen LogP contribution is 2.20. The maximum atomic E-state index is 4.59. The third-order valence-electron chi connectivity index (χ3n) is 4.99. The molecule has 3 heteroatoms. The summed E-state index contributed by atoms with van der Waals surface area (Å²) in [7, 11) is 0. The van der Waals surface area contributed by atoms with Gasteiger partial charge in [-0.15, -0.1) is 0 Å². The van der Waals surface area contributed by atoms with Crippen LogP contribution in [0.25, 0.3) is 0 Å². The van der Waals surface area contributed by atoms with E-state index < -0.39 is 0 Å². The van der Waals surface area contributed by atoms with Gasteiger partial charge < -0.3 is 5.32 Å². The fraction of sp³-hybridized carbons (Fsp3) is 0.722. The maximum absolute atomic E-state index is 4.59. The van der Waals surface area contributed by atoms with Crippen molar-refractivity contribution in [2.24, 2.45) is 5.92 Å². The zero-order valence-corrected chi connectivity index (χ0v) is 14.1. The molecule has 2 heterocycles. The number of nitrogens with zero attached hydrogens (tertiary/aromatic N) is 2. The maximum Gasteiger partial charge on any atom is 0.0573 e. The van der Waals surface area contributed by atoms with Gasteiger partial charge in [-0.1, -0.05) is 39.7 Å². The van der Waals surface area contributed by atoms with Crippen molar-refractivity contribution in [2.45, 2.75) is 65.6 Å². The Morgan fingerprint density at radius 3 is 2.90 bits per heavy atom. The van der Waals surface area contributed by atoms with Crippen LogP contribution in [0.1, 0.15) is 51.3 Å². The molecule has 0 saturated carbocycles. The molecule has 0 aliphatic carbocycles. The van der Waals surface area contributed by atoms with Crippen LogP contribution in [0.2, 0.25) is 0 Å². The highest BCUT2D eigenvalue weighted by molar-refractivity contribution is 5.17. The molecule has 1 aliphatic rings. The molecule has 118 valence electrons. The van der Waals surface area contributed by atoms with Crippen molar-refractivity contribution in [3.05, 3.63) is 29.6 Å². The average Bonchev–Trinajstić information content (AvgIpc) is 2.50. The lowest BCUT2D eigenvalue weighted by molar-refractivity contribution is 0.0946. The standard InChI is InChI=1S/C18H31N3/c1-5-8-16-11-20-17(14(3)6-2)12-21(16)13-18-15(4)9-7-10-19-18/h7,9-10,14,16-17,20H,5-6,8,11-13H2,1-4H3. The predicted molar refractivity (Wildman–Crippen MR) is 89.3 cm³/mol. The van der Waals surface area contributed by atoms with Gasteiger partial charge in [0.2, 0.25) is 0 Å². The molecule has 1 aromatic heterocycles. The van der Waals surface area contributed by atoms with Gasteiger partial charge >= 0.3 is 0 Å². The van der Waals surface area contributed by atoms with Crippen LogP contribution < -0.4 is 5.32 Å². The molecule has 0 aromatic carbocycles. The summed E-state index contributed by atoms with van der Waals surface area (Å²) in [6, 6.07) is 5.47. The Labute approximate surface area is 130 Å². The molecule has 1 aliphatic heterocycles. The third-order valence-corrected chi connectivity index (χ3v) is 4.99. The predicted octanol–water partition coefficient (Wildman–Crippen LogP) is 3.38. The van der Waals surface area contributed by atoms with Gasteiger partial charge in [-0.3, -0.25) is 9.88 Å². The molecule has 2 rings (SSSR count). The third kappa shape index (κ3) is 4.27. The normalized spacial score (nSPS) is 25.0. The summed E-state index contributed by atoms with van der Waals surface area (Å²) in [5.41, 5.74) is 2.55. The topological polar surface area (TPSA) is 28.2 Å². The molecule has 0 radical (unpaired) electrons. The second kappa shape index (κ2) is 7.90. The summed E-state index contributed by atoms with van der Waals surface area (Å²) in [5, 5.41) is 3.77. The van der Waals surface area contributed by atoms with Gasteiger partial charge in [-0.2, -0.15) is 0 Å². The molecule has 3 nitrogen and oxygen atoms in total. The highest BCUT2D eigenvalue weighted by Gasteiger charge is 2.29. The highest BCUT2D eigenvalue weighted by atomic mass is 15.2. The first-order valence-corrected chi connectivity index (χ1v) is 8.53. The number of hydrogen-bond donors (Lipinski definition) is 1. The summed E-state index contributed by atoms with van der Waals surface area (Å²) in [6.07, 6.45) is 5.68. The summed E-state index contributed by atoms with van der Waals surface area (Å²) < 4.78 is 0. The van der Waals surface area contributed by atoms with Crippen molar-refractivity contribution in [3.8, 4) is 0 Å². The summed E-state index contributed by atoms with van der Waals surface area (Å²) in [6.45, 7) is 12.4. The number of aromatic nitrogens is 1. The molecule has 3 unspecified atom stereocenters. The van der Waals surface area contributed by atoms with Crippen LogP contribution >= 0.6 is 0 Å². The smallest absolute Gasteiger partial charge is 0.0573 e. The number of hydrogen-bond acceptors (Lipinski definition) is 3. The zero-order valence-electron chi connectivity index (χ0n) is 14.1. The molecule has 1 aromatic rings. The average molecular weight is 289 g/mol. The Balaban J connectivity index is 2.08. The van der Waals surface area contributed by atoms with E-state index >= 15 is 0 Å². The van der Waals surface area contributed by atoms with Crippen LogP contribution in [0.15, 0.2) is 18.3 Å². The molecule has 1 N–H and O–H groups in total. The van der Waals surface area contributed by atoms with E-state index in [0.717, 1.165) is 25.6 Å². The second-order valence-corrected chi connectivity index (χ2v) is 6.54. The van der Waals surface area contributed by atoms with E-state index in [4.69, 9.17) is 0 Å². The first-order chi connectivity index (χ1) is 10.2. The van der Waals surface area contributed by atoms with Gasteiger partial charge in [-0.05, 0) is 30.9 Å². The van der Waals surface area contributed by atoms with Crippen molar-refractivity contribution >= 4 is 0 Å². The van der Waals surface area contributed by atoms with Crippen LogP contribution in [-0.2, 0) is 6.54 Å². The van der Waals surface area contributed by atoms with Gasteiger partial charge in [0, 0.05) is 37.9 Å². The molecular weight excluding hydrogens is 258 g/mol. The minimum absolute atomic E-state index is 0.618. The van der Waals surface area contributed by atoms with Gasteiger partial charge in [0.1, 0.15) is 0 Å². The summed E-state index contributed by atoms with van der Waals surface area (Å²) >= 11 is 0. The van der Waals surface area contributed by atoms with E-state index in [9.17, 15) is 0 Å². The summed E-state index contributed by atoms with van der Waals surface area (Å²) in [4.78, 5) is 7.25. The fourth-order valence-corrected chi connectivity index (χ4v) is 3.24. The Morgan fingerprint density at radius 2 is 2.24 bits per heavy atom. The van der Waals surface area contributed by atoms with Crippen molar-refractivity contribution in [3.63, 3.8) is 0 Å². The molecule has 0 bridgehead atoms. The van der Waals surface area contributed by atoms with Crippen LogP contribution in [0, 0.1) is 12.8 Å². The van der Waals surface area contributed by atoms with Crippen molar-refractivity contribution in [2.75, 3.05) is 13.1 Å². The number of piperazine rings is 1. The zero-order chi connectivity index (χ0) is 15.2. The van der Waals surface area contributed by atoms with Crippen molar-refractivity contribution < 1.29 is 0 Å². The van der Waals surface area contributed by atoms with Crippen LogP contribution in [0.3, 0.4) is 0 Å². The van der Waals surface area contributed by atoms with Crippen LogP contribution in [-0.4, -0.2) is 35.1 Å².